The van der Waals surface area contributed by atoms with Gasteiger partial charge in [0.2, 0.25) is 11.8 Å². The molecule has 0 saturated heterocycles. The lowest BCUT2D eigenvalue weighted by Gasteiger charge is -2.23. The maximum absolute atomic E-state index is 11.7. The van der Waals surface area contributed by atoms with Gasteiger partial charge in [0.05, 0.1) is 12.7 Å². The van der Waals surface area contributed by atoms with Crippen LogP contribution in [0.15, 0.2) is 0 Å². The molecular weight excluding hydrogens is 258 g/mol. The Balaban J connectivity index is 4.69. The highest BCUT2D eigenvalue weighted by Crippen LogP contribution is 1.96. The molecule has 0 saturated carbocycles. The number of aliphatic carboxylic acids is 1. The standard InChI is InChI=1S/C10H19N3O6/c1-4(10(18)19)12-9(17)7(5(2)15)13-8(16)6(11)3-14/h4-7,14-15H,3,11H2,1-2H3,(H,12,17)(H,13,16)(H,18,19)/t4-,5+,6-,7-/m0/s1. The number of aliphatic hydroxyl groups excluding tert-OH is 2. The fraction of sp³-hybridized carbons (Fsp3) is 0.700. The van der Waals surface area contributed by atoms with Crippen LogP contribution in [0.4, 0.5) is 0 Å². The second-order valence-electron chi connectivity index (χ2n) is 4.08. The van der Waals surface area contributed by atoms with Gasteiger partial charge < -0.3 is 31.7 Å². The molecule has 9 heteroatoms. The van der Waals surface area contributed by atoms with Gasteiger partial charge in [-0.25, -0.2) is 0 Å². The molecule has 0 rings (SSSR count). The highest BCUT2D eigenvalue weighted by atomic mass is 16.4. The van der Waals surface area contributed by atoms with E-state index in [0.29, 0.717) is 0 Å². The summed E-state index contributed by atoms with van der Waals surface area (Å²) in [5, 5.41) is 31.0. The molecule has 0 unspecified atom stereocenters. The second kappa shape index (κ2) is 7.67. The lowest BCUT2D eigenvalue weighted by Crippen LogP contribution is -2.58. The molecule has 0 fully saturated rings. The molecule has 9 nitrogen and oxygen atoms in total. The zero-order valence-corrected chi connectivity index (χ0v) is 10.7. The molecule has 0 radical (unpaired) electrons. The molecule has 4 atom stereocenters. The van der Waals surface area contributed by atoms with Crippen molar-refractivity contribution in [3.63, 3.8) is 0 Å². The van der Waals surface area contributed by atoms with Crippen LogP contribution in [0.3, 0.4) is 0 Å². The number of rotatable bonds is 7. The molecule has 2 amide bonds. The topological polar surface area (TPSA) is 162 Å². The quantitative estimate of drug-likeness (QED) is 0.285. The lowest BCUT2D eigenvalue weighted by molar-refractivity contribution is -0.142. The minimum atomic E-state index is -1.35. The van der Waals surface area contributed by atoms with E-state index in [-0.39, 0.29) is 0 Å². The summed E-state index contributed by atoms with van der Waals surface area (Å²) in [6.07, 6.45) is -1.25. The Bertz CT molecular complexity index is 346. The monoisotopic (exact) mass is 277 g/mol. The fourth-order valence-corrected chi connectivity index (χ4v) is 1.11. The first kappa shape index (κ1) is 17.3. The van der Waals surface area contributed by atoms with Gasteiger partial charge in [0.15, 0.2) is 0 Å². The molecule has 0 aromatic carbocycles. The summed E-state index contributed by atoms with van der Waals surface area (Å²) in [7, 11) is 0. The van der Waals surface area contributed by atoms with Gasteiger partial charge >= 0.3 is 5.97 Å². The number of hydrogen-bond donors (Lipinski definition) is 6. The number of carbonyl (C=O) groups excluding carboxylic acids is 2. The van der Waals surface area contributed by atoms with E-state index in [2.05, 4.69) is 10.6 Å². The van der Waals surface area contributed by atoms with E-state index in [4.69, 9.17) is 15.9 Å². The van der Waals surface area contributed by atoms with E-state index in [9.17, 15) is 19.5 Å². The molecule has 0 spiro atoms. The number of carbonyl (C=O) groups is 3. The van der Waals surface area contributed by atoms with Crippen molar-refractivity contribution in [2.75, 3.05) is 6.61 Å². The van der Waals surface area contributed by atoms with Crippen LogP contribution in [0, 0.1) is 0 Å². The first-order valence-corrected chi connectivity index (χ1v) is 5.58. The number of nitrogens with two attached hydrogens (primary N) is 1. The van der Waals surface area contributed by atoms with Crippen molar-refractivity contribution in [2.24, 2.45) is 5.73 Å². The van der Waals surface area contributed by atoms with Crippen LogP contribution in [0.1, 0.15) is 13.8 Å². The van der Waals surface area contributed by atoms with Gasteiger partial charge in [0.25, 0.3) is 0 Å². The Morgan fingerprint density at radius 2 is 1.68 bits per heavy atom. The Labute approximate surface area is 109 Å². The van der Waals surface area contributed by atoms with Gasteiger partial charge in [-0.1, -0.05) is 0 Å². The van der Waals surface area contributed by atoms with Crippen molar-refractivity contribution in [3.05, 3.63) is 0 Å². The summed E-state index contributed by atoms with van der Waals surface area (Å²) in [6.45, 7) is 1.87. The van der Waals surface area contributed by atoms with Crippen molar-refractivity contribution < 1.29 is 29.7 Å². The third-order valence-corrected chi connectivity index (χ3v) is 2.33. The van der Waals surface area contributed by atoms with Gasteiger partial charge in [-0.05, 0) is 13.8 Å². The molecule has 0 aromatic heterocycles. The van der Waals surface area contributed by atoms with Gasteiger partial charge in [-0.3, -0.25) is 14.4 Å². The smallest absolute Gasteiger partial charge is 0.325 e. The Hall–Kier alpha value is -1.71. The van der Waals surface area contributed by atoms with Crippen LogP contribution in [0.2, 0.25) is 0 Å². The summed E-state index contributed by atoms with van der Waals surface area (Å²) in [4.78, 5) is 33.7. The number of nitrogens with one attached hydrogen (secondary N) is 2. The van der Waals surface area contributed by atoms with Crippen LogP contribution in [0.5, 0.6) is 0 Å². The molecule has 0 bridgehead atoms. The molecule has 0 aromatic rings. The minimum Gasteiger partial charge on any atom is -0.480 e. The highest BCUT2D eigenvalue weighted by molar-refractivity contribution is 5.92. The third kappa shape index (κ3) is 5.64. The average molecular weight is 277 g/mol. The Morgan fingerprint density at radius 3 is 2.05 bits per heavy atom. The van der Waals surface area contributed by atoms with Crippen LogP contribution >= 0.6 is 0 Å². The van der Waals surface area contributed by atoms with E-state index in [1.807, 2.05) is 0 Å². The third-order valence-electron chi connectivity index (χ3n) is 2.33. The maximum atomic E-state index is 11.7. The van der Waals surface area contributed by atoms with E-state index in [1.54, 1.807) is 0 Å². The van der Waals surface area contributed by atoms with Crippen molar-refractivity contribution >= 4 is 17.8 Å². The van der Waals surface area contributed by atoms with E-state index in [0.717, 1.165) is 0 Å². The number of carboxylic acid groups (broad SMARTS) is 1. The highest BCUT2D eigenvalue weighted by Gasteiger charge is 2.29. The number of amides is 2. The van der Waals surface area contributed by atoms with E-state index < -0.39 is 48.6 Å². The largest absolute Gasteiger partial charge is 0.480 e. The van der Waals surface area contributed by atoms with Crippen molar-refractivity contribution in [1.29, 1.82) is 0 Å². The average Bonchev–Trinajstić information content (AvgIpc) is 2.33. The van der Waals surface area contributed by atoms with Crippen molar-refractivity contribution in [1.82, 2.24) is 10.6 Å². The number of hydrogen-bond acceptors (Lipinski definition) is 6. The molecule has 0 heterocycles. The summed E-state index contributed by atoms with van der Waals surface area (Å²) in [5.41, 5.74) is 5.25. The summed E-state index contributed by atoms with van der Waals surface area (Å²) >= 11 is 0. The van der Waals surface area contributed by atoms with Crippen LogP contribution in [-0.2, 0) is 14.4 Å². The zero-order valence-electron chi connectivity index (χ0n) is 10.7. The maximum Gasteiger partial charge on any atom is 0.325 e. The molecule has 0 aliphatic carbocycles. The number of aliphatic hydroxyl groups is 2. The SMILES string of the molecule is C[C@H](NC(=O)[C@@H](NC(=O)[C@@H](N)CO)[C@@H](C)O)C(=O)O. The van der Waals surface area contributed by atoms with E-state index in [1.165, 1.54) is 13.8 Å². The van der Waals surface area contributed by atoms with Crippen LogP contribution in [0.25, 0.3) is 0 Å². The molecule has 7 N–H and O–H groups in total. The molecule has 19 heavy (non-hydrogen) atoms. The minimum absolute atomic E-state index is 0.620. The Morgan fingerprint density at radius 1 is 1.16 bits per heavy atom. The van der Waals surface area contributed by atoms with Gasteiger partial charge in [-0.2, -0.15) is 0 Å². The van der Waals surface area contributed by atoms with Crippen molar-refractivity contribution in [3.8, 4) is 0 Å². The first-order chi connectivity index (χ1) is 8.70. The first-order valence-electron chi connectivity index (χ1n) is 5.58. The Kier molecular flexibility index (Phi) is 6.98. The van der Waals surface area contributed by atoms with Crippen LogP contribution < -0.4 is 16.4 Å². The summed E-state index contributed by atoms with van der Waals surface area (Å²) in [6, 6.07) is -3.75. The summed E-state index contributed by atoms with van der Waals surface area (Å²) in [5.74, 6) is -2.94. The molecular formula is C10H19N3O6. The normalized spacial score (nSPS) is 16.9. The second-order valence-corrected chi connectivity index (χ2v) is 4.08. The molecule has 0 aliphatic rings. The lowest BCUT2D eigenvalue weighted by atomic mass is 10.1. The van der Waals surface area contributed by atoms with Crippen LogP contribution in [-0.4, -0.2) is 63.9 Å². The summed E-state index contributed by atoms with van der Waals surface area (Å²) < 4.78 is 0. The zero-order chi connectivity index (χ0) is 15.2. The predicted octanol–water partition coefficient (Wildman–Crippen LogP) is -3.24. The molecule has 110 valence electrons. The van der Waals surface area contributed by atoms with Gasteiger partial charge in [0, 0.05) is 0 Å². The van der Waals surface area contributed by atoms with Crippen molar-refractivity contribution in [2.45, 2.75) is 38.1 Å². The molecule has 0 aliphatic heterocycles. The number of carboxylic acids is 1. The van der Waals surface area contributed by atoms with Gasteiger partial charge in [0.1, 0.15) is 18.1 Å². The predicted molar refractivity (Wildman–Crippen MR) is 63.9 cm³/mol. The fourth-order valence-electron chi connectivity index (χ4n) is 1.11. The van der Waals surface area contributed by atoms with Gasteiger partial charge in [-0.15, -0.1) is 0 Å². The van der Waals surface area contributed by atoms with E-state index >= 15 is 0 Å².